The lowest BCUT2D eigenvalue weighted by Crippen LogP contribution is -2.09. The first kappa shape index (κ1) is 12.4. The second kappa shape index (κ2) is 5.08. The van der Waals surface area contributed by atoms with E-state index in [1.165, 1.54) is 19.3 Å². The number of allylic oxidation sites excluding steroid dienone is 2. The fraction of sp³-hybridized carbons (Fsp3) is 0.529. The highest BCUT2D eigenvalue weighted by molar-refractivity contribution is 5.73. The molecule has 0 amide bonds. The van der Waals surface area contributed by atoms with E-state index in [2.05, 4.69) is 45.9 Å². The molecule has 17 heavy (non-hydrogen) atoms. The molecule has 92 valence electrons. The Bertz CT molecular complexity index is 436. The van der Waals surface area contributed by atoms with Crippen LogP contribution in [0.3, 0.4) is 0 Å². The van der Waals surface area contributed by atoms with Gasteiger partial charge in [-0.2, -0.15) is 0 Å². The fourth-order valence-electron chi connectivity index (χ4n) is 3.13. The Morgan fingerprint density at radius 3 is 2.59 bits per heavy atom. The van der Waals surface area contributed by atoms with E-state index in [1.807, 2.05) is 0 Å². The SMILES string of the molecule is C/C=C1/CCCc2ccc(C(C)C)c(CC)c21. The Hall–Kier alpha value is -1.04. The fourth-order valence-corrected chi connectivity index (χ4v) is 3.13. The van der Waals surface area contributed by atoms with E-state index in [1.54, 1.807) is 27.8 Å². The van der Waals surface area contributed by atoms with Crippen molar-refractivity contribution in [2.45, 2.75) is 59.3 Å². The molecule has 1 aromatic rings. The quantitative estimate of drug-likeness (QED) is 0.659. The van der Waals surface area contributed by atoms with Crippen molar-refractivity contribution in [1.29, 1.82) is 0 Å². The molecule has 0 aliphatic heterocycles. The lowest BCUT2D eigenvalue weighted by molar-refractivity contribution is 0.796. The van der Waals surface area contributed by atoms with Crippen LogP contribution in [0.25, 0.3) is 5.57 Å². The number of hydrogen-bond donors (Lipinski definition) is 0. The van der Waals surface area contributed by atoms with Crippen LogP contribution in [0.4, 0.5) is 0 Å². The minimum atomic E-state index is 0.635. The Labute approximate surface area is 106 Å². The summed E-state index contributed by atoms with van der Waals surface area (Å²) < 4.78 is 0. The maximum Gasteiger partial charge on any atom is -0.0161 e. The first-order valence-electron chi connectivity index (χ1n) is 6.99. The lowest BCUT2D eigenvalue weighted by atomic mass is 9.80. The summed E-state index contributed by atoms with van der Waals surface area (Å²) in [6.45, 7) is 9.09. The maximum atomic E-state index is 2.37. The highest BCUT2D eigenvalue weighted by atomic mass is 14.2. The smallest absolute Gasteiger partial charge is 0.0161 e. The van der Waals surface area contributed by atoms with Crippen LogP contribution in [-0.2, 0) is 12.8 Å². The molecule has 0 atom stereocenters. The van der Waals surface area contributed by atoms with Crippen molar-refractivity contribution < 1.29 is 0 Å². The van der Waals surface area contributed by atoms with Crippen molar-refractivity contribution >= 4 is 5.57 Å². The summed E-state index contributed by atoms with van der Waals surface area (Å²) in [5.74, 6) is 0.635. The van der Waals surface area contributed by atoms with Crippen molar-refractivity contribution in [1.82, 2.24) is 0 Å². The molecule has 0 nitrogen and oxygen atoms in total. The van der Waals surface area contributed by atoms with Crippen LogP contribution < -0.4 is 0 Å². The average Bonchev–Trinajstić information content (AvgIpc) is 2.36. The van der Waals surface area contributed by atoms with Gasteiger partial charge in [0.2, 0.25) is 0 Å². The standard InChI is InChI=1S/C17H24/c1-5-13-8-7-9-14-10-11-16(12(3)4)15(6-2)17(13)14/h5,10-12H,6-9H2,1-4H3/b13-5-. The summed E-state index contributed by atoms with van der Waals surface area (Å²) in [5, 5.41) is 0. The molecule has 0 unspecified atom stereocenters. The Morgan fingerprint density at radius 1 is 1.24 bits per heavy atom. The zero-order valence-electron chi connectivity index (χ0n) is 11.6. The summed E-state index contributed by atoms with van der Waals surface area (Å²) in [6, 6.07) is 4.73. The van der Waals surface area contributed by atoms with Crippen LogP contribution in [-0.4, -0.2) is 0 Å². The number of aryl methyl sites for hydroxylation is 1. The summed E-state index contributed by atoms with van der Waals surface area (Å²) in [6.07, 6.45) is 7.32. The number of fused-ring (bicyclic) bond motifs is 1. The molecule has 0 aromatic heterocycles. The van der Waals surface area contributed by atoms with Gasteiger partial charge < -0.3 is 0 Å². The van der Waals surface area contributed by atoms with E-state index in [4.69, 9.17) is 0 Å². The second-order valence-electron chi connectivity index (χ2n) is 5.34. The molecule has 0 radical (unpaired) electrons. The molecule has 1 aliphatic rings. The number of benzene rings is 1. The minimum Gasteiger partial charge on any atom is -0.0838 e. The zero-order valence-corrected chi connectivity index (χ0v) is 11.6. The molecule has 2 rings (SSSR count). The van der Waals surface area contributed by atoms with E-state index in [0.717, 1.165) is 6.42 Å². The third kappa shape index (κ3) is 2.18. The van der Waals surface area contributed by atoms with Gasteiger partial charge in [0.15, 0.2) is 0 Å². The van der Waals surface area contributed by atoms with Crippen LogP contribution in [0.2, 0.25) is 0 Å². The van der Waals surface area contributed by atoms with Crippen molar-refractivity contribution in [2.75, 3.05) is 0 Å². The van der Waals surface area contributed by atoms with Crippen LogP contribution in [0, 0.1) is 0 Å². The largest absolute Gasteiger partial charge is 0.0838 e. The van der Waals surface area contributed by atoms with Gasteiger partial charge in [-0.25, -0.2) is 0 Å². The van der Waals surface area contributed by atoms with Crippen LogP contribution >= 0.6 is 0 Å². The Morgan fingerprint density at radius 2 is 2.00 bits per heavy atom. The molecule has 1 aromatic carbocycles. The van der Waals surface area contributed by atoms with Gasteiger partial charge in [-0.3, -0.25) is 0 Å². The molecule has 0 heteroatoms. The van der Waals surface area contributed by atoms with Crippen molar-refractivity contribution in [3.63, 3.8) is 0 Å². The van der Waals surface area contributed by atoms with Gasteiger partial charge in [0.1, 0.15) is 0 Å². The maximum absolute atomic E-state index is 2.37. The first-order chi connectivity index (χ1) is 8.19. The Balaban J connectivity index is 2.65. The van der Waals surface area contributed by atoms with E-state index in [-0.39, 0.29) is 0 Å². The third-order valence-corrected chi connectivity index (χ3v) is 3.97. The van der Waals surface area contributed by atoms with Gasteiger partial charge >= 0.3 is 0 Å². The van der Waals surface area contributed by atoms with Crippen molar-refractivity contribution in [2.24, 2.45) is 0 Å². The zero-order chi connectivity index (χ0) is 12.4. The van der Waals surface area contributed by atoms with Gasteiger partial charge in [0, 0.05) is 0 Å². The number of hydrogen-bond acceptors (Lipinski definition) is 0. The topological polar surface area (TPSA) is 0 Å². The molecular weight excluding hydrogens is 204 g/mol. The molecule has 0 fully saturated rings. The van der Waals surface area contributed by atoms with E-state index < -0.39 is 0 Å². The van der Waals surface area contributed by atoms with E-state index in [9.17, 15) is 0 Å². The van der Waals surface area contributed by atoms with Crippen LogP contribution in [0.15, 0.2) is 18.2 Å². The molecule has 0 N–H and O–H groups in total. The highest BCUT2D eigenvalue weighted by Gasteiger charge is 2.19. The van der Waals surface area contributed by atoms with E-state index in [0.29, 0.717) is 5.92 Å². The molecule has 0 spiro atoms. The van der Waals surface area contributed by atoms with Crippen molar-refractivity contribution in [3.8, 4) is 0 Å². The van der Waals surface area contributed by atoms with Gasteiger partial charge in [0.25, 0.3) is 0 Å². The van der Waals surface area contributed by atoms with Gasteiger partial charge in [-0.05, 0) is 66.4 Å². The lowest BCUT2D eigenvalue weighted by Gasteiger charge is -2.25. The number of rotatable bonds is 2. The van der Waals surface area contributed by atoms with Gasteiger partial charge in [0.05, 0.1) is 0 Å². The highest BCUT2D eigenvalue weighted by Crippen LogP contribution is 2.37. The molecule has 1 aliphatic carbocycles. The summed E-state index contributed by atoms with van der Waals surface area (Å²) in [5.41, 5.74) is 7.89. The third-order valence-electron chi connectivity index (χ3n) is 3.97. The Kier molecular flexibility index (Phi) is 3.71. The summed E-state index contributed by atoms with van der Waals surface area (Å²) in [4.78, 5) is 0. The summed E-state index contributed by atoms with van der Waals surface area (Å²) in [7, 11) is 0. The molecular formula is C17H24. The minimum absolute atomic E-state index is 0.635. The predicted octanol–water partition coefficient (Wildman–Crippen LogP) is 5.11. The predicted molar refractivity (Wildman–Crippen MR) is 76.5 cm³/mol. The first-order valence-corrected chi connectivity index (χ1v) is 6.99. The van der Waals surface area contributed by atoms with Gasteiger partial charge in [-0.15, -0.1) is 0 Å². The second-order valence-corrected chi connectivity index (χ2v) is 5.34. The average molecular weight is 228 g/mol. The molecule has 0 heterocycles. The molecule has 0 saturated carbocycles. The summed E-state index contributed by atoms with van der Waals surface area (Å²) >= 11 is 0. The monoisotopic (exact) mass is 228 g/mol. The van der Waals surface area contributed by atoms with Crippen molar-refractivity contribution in [3.05, 3.63) is 40.5 Å². The van der Waals surface area contributed by atoms with Gasteiger partial charge in [-0.1, -0.05) is 39.0 Å². The van der Waals surface area contributed by atoms with Crippen LogP contribution in [0.1, 0.15) is 68.7 Å². The molecule has 0 saturated heterocycles. The van der Waals surface area contributed by atoms with E-state index >= 15 is 0 Å². The molecule has 0 bridgehead atoms. The normalized spacial score (nSPS) is 17.6. The van der Waals surface area contributed by atoms with Crippen LogP contribution in [0.5, 0.6) is 0 Å².